The molecule has 1 aromatic rings. The number of methoxy groups -OCH3 is 2. The first kappa shape index (κ1) is 39.5. The van der Waals surface area contributed by atoms with Gasteiger partial charge in [0.2, 0.25) is 11.8 Å². The fourth-order valence-electron chi connectivity index (χ4n) is 6.49. The molecule has 3 amide bonds. The third-order valence-electron chi connectivity index (χ3n) is 9.85. The van der Waals surface area contributed by atoms with Gasteiger partial charge in [0.05, 0.1) is 25.3 Å². The Balaban J connectivity index is 1.78. The van der Waals surface area contributed by atoms with E-state index in [9.17, 15) is 24.3 Å². The molecule has 0 aliphatic carbocycles. The van der Waals surface area contributed by atoms with E-state index in [0.717, 1.165) is 11.1 Å². The monoisotopic (exact) mass is 737 g/mol. The summed E-state index contributed by atoms with van der Waals surface area (Å²) in [5.41, 5.74) is -0.903. The molecule has 50 heavy (non-hydrogen) atoms. The molecule has 2 fully saturated rings. The molecule has 15 heteroatoms. The Morgan fingerprint density at radius 2 is 1.98 bits per heavy atom. The lowest BCUT2D eigenvalue weighted by Crippen LogP contribution is -2.63. The molecule has 4 rings (SSSR count). The number of amides is 3. The Morgan fingerprint density at radius 1 is 1.28 bits per heavy atom. The molecule has 0 aromatic heterocycles. The number of anilines is 1. The van der Waals surface area contributed by atoms with Crippen molar-refractivity contribution in [2.75, 3.05) is 39.0 Å². The van der Waals surface area contributed by atoms with Gasteiger partial charge in [-0.05, 0) is 50.6 Å². The number of epoxide rings is 1. The average molecular weight is 738 g/mol. The molecule has 1 unspecified atom stereocenters. The van der Waals surface area contributed by atoms with Gasteiger partial charge in [0.25, 0.3) is 0 Å². The van der Waals surface area contributed by atoms with E-state index in [1.165, 1.54) is 38.0 Å². The molecule has 1 aromatic carbocycles. The van der Waals surface area contributed by atoms with Gasteiger partial charge in [0.1, 0.15) is 40.7 Å². The van der Waals surface area contributed by atoms with Crippen LogP contribution in [-0.4, -0.2) is 110 Å². The third-order valence-corrected chi connectivity index (χ3v) is 10.5. The normalized spacial score (nSPS) is 32.3. The van der Waals surface area contributed by atoms with Crippen LogP contribution in [0, 0.1) is 5.92 Å². The fraction of sp³-hybridized carbons (Fsp3) is 0.600. The molecular formula is C35H48ClN3O10S. The van der Waals surface area contributed by atoms with E-state index in [1.807, 2.05) is 13.0 Å². The minimum absolute atomic E-state index is 0.0489. The number of nitrogens with zero attached hydrogens (tertiary/aromatic N) is 2. The summed E-state index contributed by atoms with van der Waals surface area (Å²) in [5.74, 6) is -1.30. The number of benzene rings is 1. The van der Waals surface area contributed by atoms with E-state index in [1.54, 1.807) is 45.2 Å². The summed E-state index contributed by atoms with van der Waals surface area (Å²) < 4.78 is 29.0. The first-order valence-electron chi connectivity index (χ1n) is 16.4. The molecule has 276 valence electrons. The minimum Gasteiger partial charge on any atom is -0.495 e. The molecule has 0 spiro atoms. The number of alkyl carbamates (subject to hydrolysis) is 1. The molecule has 2 N–H and O–H groups in total. The maximum Gasteiger partial charge on any atom is 0.409 e. The zero-order valence-electron chi connectivity index (χ0n) is 29.7. The summed E-state index contributed by atoms with van der Waals surface area (Å²) in [6.07, 6.45) is 1.08. The first-order valence-corrected chi connectivity index (χ1v) is 17.5. The van der Waals surface area contributed by atoms with Crippen molar-refractivity contribution >= 4 is 53.8 Å². The molecular weight excluding hydrogens is 690 g/mol. The summed E-state index contributed by atoms with van der Waals surface area (Å²) in [6, 6.07) is 2.60. The van der Waals surface area contributed by atoms with Gasteiger partial charge in [-0.15, -0.1) is 0 Å². The van der Waals surface area contributed by atoms with Gasteiger partial charge in [-0.3, -0.25) is 14.9 Å². The summed E-state index contributed by atoms with van der Waals surface area (Å²) >= 11 is 10.8. The molecule has 0 saturated carbocycles. The number of hydrogen-bond donors (Lipinski definition) is 3. The number of halogens is 1. The van der Waals surface area contributed by atoms with Crippen molar-refractivity contribution in [3.8, 4) is 5.75 Å². The molecule has 3 heterocycles. The van der Waals surface area contributed by atoms with E-state index in [2.05, 4.69) is 17.9 Å². The van der Waals surface area contributed by atoms with Gasteiger partial charge < -0.3 is 38.6 Å². The lowest BCUT2D eigenvalue weighted by Gasteiger charge is -2.42. The maximum atomic E-state index is 14.0. The predicted octanol–water partition coefficient (Wildman–Crippen LogP) is 3.83. The highest BCUT2D eigenvalue weighted by atomic mass is 35.5. The minimum atomic E-state index is -1.82. The number of aliphatic hydroxyl groups is 1. The molecule has 0 radical (unpaired) electrons. The number of nitrogens with one attached hydrogen (secondary N) is 1. The maximum absolute atomic E-state index is 14.0. The van der Waals surface area contributed by atoms with Crippen LogP contribution in [0.5, 0.6) is 5.75 Å². The second-order valence-corrected chi connectivity index (χ2v) is 14.2. The smallest absolute Gasteiger partial charge is 0.409 e. The van der Waals surface area contributed by atoms with Crippen LogP contribution in [0.15, 0.2) is 35.9 Å². The van der Waals surface area contributed by atoms with Crippen LogP contribution in [0.1, 0.15) is 52.5 Å². The number of ether oxygens (including phenoxy) is 5. The number of esters is 1. The zero-order valence-corrected chi connectivity index (χ0v) is 31.4. The zero-order chi connectivity index (χ0) is 37.1. The molecule has 4 bridgehead atoms. The van der Waals surface area contributed by atoms with Gasteiger partial charge in [0, 0.05) is 40.0 Å². The highest BCUT2D eigenvalue weighted by Gasteiger charge is 2.64. The number of rotatable bonds is 7. The quantitative estimate of drug-likeness (QED) is 0.214. The van der Waals surface area contributed by atoms with Crippen molar-refractivity contribution < 1.29 is 48.0 Å². The highest BCUT2D eigenvalue weighted by Crippen LogP contribution is 2.49. The van der Waals surface area contributed by atoms with Crippen molar-refractivity contribution in [1.29, 1.82) is 0 Å². The van der Waals surface area contributed by atoms with E-state index in [-0.39, 0.29) is 30.2 Å². The van der Waals surface area contributed by atoms with E-state index in [0.29, 0.717) is 23.6 Å². The topological polar surface area (TPSA) is 156 Å². The van der Waals surface area contributed by atoms with Crippen LogP contribution in [0.2, 0.25) is 5.02 Å². The van der Waals surface area contributed by atoms with Crippen molar-refractivity contribution in [3.63, 3.8) is 0 Å². The van der Waals surface area contributed by atoms with Crippen LogP contribution < -0.4 is 15.0 Å². The average Bonchev–Trinajstić information content (AvgIpc) is 3.76. The summed E-state index contributed by atoms with van der Waals surface area (Å²) in [6.45, 7) is 6.96. The van der Waals surface area contributed by atoms with Crippen molar-refractivity contribution in [2.24, 2.45) is 5.92 Å². The Kier molecular flexibility index (Phi) is 12.6. The first-order chi connectivity index (χ1) is 23.5. The SMILES string of the molecule is COc1cc2cc(c1Cl)N(C)C(=O)C[C@H](OC(=O)C(C)N(C)C(=O)CCS)[C@]1(C)O[C@H]1[C@H](C)[C@@H]1C[C@@](O)(NC(=O)O1)[C@H](OC)/C=C/C=C(\C)C2. The van der Waals surface area contributed by atoms with E-state index < -0.39 is 65.7 Å². The molecule has 2 saturated heterocycles. The largest absolute Gasteiger partial charge is 0.495 e. The Hall–Kier alpha value is -3.30. The van der Waals surface area contributed by atoms with Crippen LogP contribution in [0.3, 0.4) is 0 Å². The Labute approximate surface area is 303 Å². The van der Waals surface area contributed by atoms with Gasteiger partial charge in [-0.25, -0.2) is 9.59 Å². The van der Waals surface area contributed by atoms with Crippen LogP contribution >= 0.6 is 24.2 Å². The molecule has 3 aliphatic heterocycles. The van der Waals surface area contributed by atoms with Gasteiger partial charge >= 0.3 is 12.1 Å². The number of thiol groups is 1. The number of hydrogen-bond acceptors (Lipinski definition) is 11. The van der Waals surface area contributed by atoms with Crippen molar-refractivity contribution in [1.82, 2.24) is 10.2 Å². The third kappa shape index (κ3) is 8.42. The Bertz CT molecular complexity index is 1540. The fourth-order valence-corrected chi connectivity index (χ4v) is 6.99. The molecule has 3 aliphatic rings. The van der Waals surface area contributed by atoms with Crippen molar-refractivity contribution in [3.05, 3.63) is 46.5 Å². The standard InChI is InChI=1S/C35H48ClN3O10S/c1-19-10-9-11-26(46-8)35(44)18-25(47-33(43)37-35)20(2)31-34(4,49-31)27(48-32(42)21(3)38(5)28(40)12-13-50)17-29(41)39(6)23-15-22(14-19)16-24(45-7)30(23)36/h9-11,15-16,20-21,25-27,31,44,50H,12-14,17-18H2,1-8H3,(H,37,43)/b11-9+,19-10+/t20-,21?,25+,26-,27+,31+,34+,35+/m1/s1. The van der Waals surface area contributed by atoms with Crippen LogP contribution in [-0.2, 0) is 39.8 Å². The number of allylic oxidation sites excluding steroid dienone is 3. The molecule has 8 atom stereocenters. The van der Waals surface area contributed by atoms with E-state index >= 15 is 0 Å². The second-order valence-electron chi connectivity index (χ2n) is 13.4. The number of likely N-dealkylation sites (N-methyl/N-ethyl adjacent to an activating group) is 1. The lowest BCUT2D eigenvalue weighted by atomic mass is 9.83. The van der Waals surface area contributed by atoms with Gasteiger partial charge in [-0.1, -0.05) is 42.3 Å². The number of fused-ring (bicyclic) bond motifs is 5. The van der Waals surface area contributed by atoms with Gasteiger partial charge in [0.15, 0.2) is 5.72 Å². The Morgan fingerprint density at radius 3 is 2.62 bits per heavy atom. The second kappa shape index (κ2) is 15.9. The summed E-state index contributed by atoms with van der Waals surface area (Å²) in [7, 11) is 5.98. The highest BCUT2D eigenvalue weighted by molar-refractivity contribution is 7.80. The molecule has 13 nitrogen and oxygen atoms in total. The lowest BCUT2D eigenvalue weighted by molar-refractivity contribution is -0.161. The van der Waals surface area contributed by atoms with E-state index in [4.69, 9.17) is 35.3 Å². The number of carbonyl (C=O) groups excluding carboxylic acids is 4. The van der Waals surface area contributed by atoms with Crippen molar-refractivity contribution in [2.45, 2.75) is 95.2 Å². The summed E-state index contributed by atoms with van der Waals surface area (Å²) in [4.78, 5) is 55.6. The summed E-state index contributed by atoms with van der Waals surface area (Å²) in [5, 5.41) is 14.4. The van der Waals surface area contributed by atoms with Crippen LogP contribution in [0.25, 0.3) is 0 Å². The predicted molar refractivity (Wildman–Crippen MR) is 189 cm³/mol. The van der Waals surface area contributed by atoms with Crippen LogP contribution in [0.4, 0.5) is 10.5 Å². The van der Waals surface area contributed by atoms with Gasteiger partial charge in [-0.2, -0.15) is 12.6 Å². The number of carbonyl (C=O) groups is 4.